The minimum absolute atomic E-state index is 0.173. The van der Waals surface area contributed by atoms with E-state index in [0.717, 1.165) is 10.8 Å². The summed E-state index contributed by atoms with van der Waals surface area (Å²) in [5, 5.41) is 6.08. The summed E-state index contributed by atoms with van der Waals surface area (Å²) in [4.78, 5) is 24.4. The summed E-state index contributed by atoms with van der Waals surface area (Å²) < 4.78 is 16.3. The Labute approximate surface area is 196 Å². The number of amides is 1. The van der Waals surface area contributed by atoms with Crippen LogP contribution in [0, 0.1) is 0 Å². The fraction of sp³-hybridized carbons (Fsp3) is 0.0741. The third kappa shape index (κ3) is 5.77. The van der Waals surface area contributed by atoms with E-state index in [1.807, 2.05) is 48.5 Å². The molecule has 0 radical (unpaired) electrons. The van der Waals surface area contributed by atoms with Gasteiger partial charge in [-0.2, -0.15) is 5.10 Å². The van der Waals surface area contributed by atoms with Gasteiger partial charge in [-0.1, -0.05) is 48.5 Å². The first-order chi connectivity index (χ1) is 16.6. The monoisotopic (exact) mass is 454 g/mol. The minimum atomic E-state index is -0.487. The fourth-order valence-electron chi connectivity index (χ4n) is 3.20. The van der Waals surface area contributed by atoms with E-state index in [0.29, 0.717) is 22.6 Å². The van der Waals surface area contributed by atoms with Crippen LogP contribution in [0.2, 0.25) is 0 Å². The highest BCUT2D eigenvalue weighted by atomic mass is 16.6. The van der Waals surface area contributed by atoms with Crippen LogP contribution >= 0.6 is 0 Å². The van der Waals surface area contributed by atoms with E-state index in [9.17, 15) is 9.59 Å². The Morgan fingerprint density at radius 2 is 1.62 bits per heavy atom. The van der Waals surface area contributed by atoms with Gasteiger partial charge in [0.25, 0.3) is 5.91 Å². The predicted molar refractivity (Wildman–Crippen MR) is 130 cm³/mol. The van der Waals surface area contributed by atoms with E-state index >= 15 is 0 Å². The molecule has 4 rings (SSSR count). The molecule has 0 aromatic heterocycles. The van der Waals surface area contributed by atoms with Gasteiger partial charge in [0, 0.05) is 0 Å². The van der Waals surface area contributed by atoms with Crippen LogP contribution in [0.1, 0.15) is 15.9 Å². The molecule has 0 atom stereocenters. The number of ether oxygens (including phenoxy) is 3. The summed E-state index contributed by atoms with van der Waals surface area (Å²) in [6, 6.07) is 27.2. The Hall–Kier alpha value is -4.65. The lowest BCUT2D eigenvalue weighted by molar-refractivity contribution is -0.123. The van der Waals surface area contributed by atoms with Crippen molar-refractivity contribution in [3.8, 4) is 17.2 Å². The molecule has 170 valence electrons. The number of hydrogen-bond donors (Lipinski definition) is 1. The number of hydrazone groups is 1. The zero-order chi connectivity index (χ0) is 23.8. The number of fused-ring (bicyclic) bond motifs is 1. The molecule has 0 bridgehead atoms. The topological polar surface area (TPSA) is 86.2 Å². The lowest BCUT2D eigenvalue weighted by Crippen LogP contribution is -2.24. The summed E-state index contributed by atoms with van der Waals surface area (Å²) in [6.07, 6.45) is 1.46. The van der Waals surface area contributed by atoms with Crippen molar-refractivity contribution in [2.45, 2.75) is 0 Å². The molecule has 7 nitrogen and oxygen atoms in total. The van der Waals surface area contributed by atoms with Gasteiger partial charge in [-0.15, -0.1) is 0 Å². The van der Waals surface area contributed by atoms with E-state index in [2.05, 4.69) is 10.5 Å². The third-order valence-electron chi connectivity index (χ3n) is 4.89. The van der Waals surface area contributed by atoms with Gasteiger partial charge < -0.3 is 14.2 Å². The fourth-order valence-corrected chi connectivity index (χ4v) is 3.20. The highest BCUT2D eigenvalue weighted by Gasteiger charge is 2.12. The van der Waals surface area contributed by atoms with Gasteiger partial charge >= 0.3 is 5.97 Å². The van der Waals surface area contributed by atoms with Gasteiger partial charge in [-0.25, -0.2) is 10.2 Å². The molecule has 4 aromatic carbocycles. The van der Waals surface area contributed by atoms with Crippen LogP contribution in [0.25, 0.3) is 10.8 Å². The Balaban J connectivity index is 1.31. The SMILES string of the molecule is COc1cc(/C=N\NC(=O)COc2ccc3ccccc3c2)ccc1OC(=O)c1ccccc1. The van der Waals surface area contributed by atoms with Crippen molar-refractivity contribution in [2.75, 3.05) is 13.7 Å². The van der Waals surface area contributed by atoms with Crippen LogP contribution in [-0.4, -0.2) is 31.8 Å². The van der Waals surface area contributed by atoms with Gasteiger partial charge in [0.2, 0.25) is 0 Å². The number of methoxy groups -OCH3 is 1. The Bertz CT molecular complexity index is 1340. The second kappa shape index (κ2) is 10.8. The Morgan fingerprint density at radius 3 is 2.41 bits per heavy atom. The second-order valence-electron chi connectivity index (χ2n) is 7.26. The van der Waals surface area contributed by atoms with Crippen LogP contribution in [0.4, 0.5) is 0 Å². The first kappa shape index (κ1) is 22.5. The number of esters is 1. The average Bonchev–Trinajstić information content (AvgIpc) is 2.88. The molecule has 0 aliphatic carbocycles. The van der Waals surface area contributed by atoms with Crippen LogP contribution in [-0.2, 0) is 4.79 Å². The van der Waals surface area contributed by atoms with Crippen molar-refractivity contribution in [1.82, 2.24) is 5.43 Å². The van der Waals surface area contributed by atoms with Crippen molar-refractivity contribution >= 4 is 28.9 Å². The van der Waals surface area contributed by atoms with Gasteiger partial charge in [0.1, 0.15) is 5.75 Å². The number of hydrogen-bond acceptors (Lipinski definition) is 6. The molecule has 1 amide bonds. The molecule has 0 heterocycles. The largest absolute Gasteiger partial charge is 0.493 e. The number of nitrogens with one attached hydrogen (secondary N) is 1. The maximum atomic E-state index is 12.3. The van der Waals surface area contributed by atoms with Crippen molar-refractivity contribution < 1.29 is 23.8 Å². The highest BCUT2D eigenvalue weighted by Crippen LogP contribution is 2.28. The summed E-state index contributed by atoms with van der Waals surface area (Å²) in [7, 11) is 1.47. The van der Waals surface area contributed by atoms with E-state index in [-0.39, 0.29) is 12.4 Å². The van der Waals surface area contributed by atoms with E-state index < -0.39 is 11.9 Å². The van der Waals surface area contributed by atoms with Crippen molar-refractivity contribution in [3.63, 3.8) is 0 Å². The molecule has 0 aliphatic heterocycles. The maximum Gasteiger partial charge on any atom is 0.343 e. The number of carbonyl (C=O) groups excluding carboxylic acids is 2. The zero-order valence-corrected chi connectivity index (χ0v) is 18.4. The summed E-state index contributed by atoms with van der Waals surface area (Å²) in [5.74, 6) is 0.354. The number of nitrogens with zero attached hydrogens (tertiary/aromatic N) is 1. The normalized spacial score (nSPS) is 10.7. The Morgan fingerprint density at radius 1 is 0.853 bits per heavy atom. The van der Waals surface area contributed by atoms with Crippen LogP contribution in [0.5, 0.6) is 17.2 Å². The van der Waals surface area contributed by atoms with Gasteiger partial charge in [0.15, 0.2) is 18.1 Å². The molecular formula is C27H22N2O5. The average molecular weight is 454 g/mol. The highest BCUT2D eigenvalue weighted by molar-refractivity contribution is 5.91. The molecule has 7 heteroatoms. The summed E-state index contributed by atoms with van der Waals surface area (Å²) in [6.45, 7) is -0.173. The molecule has 1 N–H and O–H groups in total. The van der Waals surface area contributed by atoms with Crippen molar-refractivity contribution in [1.29, 1.82) is 0 Å². The van der Waals surface area contributed by atoms with Gasteiger partial charge in [-0.05, 0) is 58.8 Å². The van der Waals surface area contributed by atoms with E-state index in [4.69, 9.17) is 14.2 Å². The standard InChI is InChI=1S/C27H22N2O5/c1-32-25-15-19(11-14-24(25)34-27(31)21-8-3-2-4-9-21)17-28-29-26(30)18-33-23-13-12-20-7-5-6-10-22(20)16-23/h2-17H,18H2,1H3,(H,29,30)/b28-17-. The minimum Gasteiger partial charge on any atom is -0.493 e. The molecular weight excluding hydrogens is 432 g/mol. The number of rotatable bonds is 8. The maximum absolute atomic E-state index is 12.3. The molecule has 0 fully saturated rings. The zero-order valence-electron chi connectivity index (χ0n) is 18.4. The van der Waals surface area contributed by atoms with Crippen LogP contribution < -0.4 is 19.6 Å². The summed E-state index contributed by atoms with van der Waals surface area (Å²) in [5.41, 5.74) is 3.50. The van der Waals surface area contributed by atoms with Gasteiger partial charge in [0.05, 0.1) is 18.9 Å². The molecule has 0 aliphatic rings. The lowest BCUT2D eigenvalue weighted by Gasteiger charge is -2.10. The summed E-state index contributed by atoms with van der Waals surface area (Å²) >= 11 is 0. The number of carbonyl (C=O) groups is 2. The van der Waals surface area contributed by atoms with Crippen LogP contribution in [0.3, 0.4) is 0 Å². The van der Waals surface area contributed by atoms with E-state index in [1.165, 1.54) is 13.3 Å². The second-order valence-corrected chi connectivity index (χ2v) is 7.26. The predicted octanol–water partition coefficient (Wildman–Crippen LogP) is 4.60. The molecule has 0 saturated heterocycles. The quantitative estimate of drug-likeness (QED) is 0.182. The molecule has 0 unspecified atom stereocenters. The first-order valence-electron chi connectivity index (χ1n) is 10.5. The van der Waals surface area contributed by atoms with E-state index in [1.54, 1.807) is 42.5 Å². The first-order valence-corrected chi connectivity index (χ1v) is 10.5. The third-order valence-corrected chi connectivity index (χ3v) is 4.89. The van der Waals surface area contributed by atoms with Crippen molar-refractivity contribution in [2.24, 2.45) is 5.10 Å². The molecule has 0 spiro atoms. The Kier molecular flexibility index (Phi) is 7.15. The molecule has 4 aromatic rings. The van der Waals surface area contributed by atoms with Crippen molar-refractivity contribution in [3.05, 3.63) is 102 Å². The molecule has 0 saturated carbocycles. The smallest absolute Gasteiger partial charge is 0.343 e. The lowest BCUT2D eigenvalue weighted by atomic mass is 10.1. The van der Waals surface area contributed by atoms with Crippen LogP contribution in [0.15, 0.2) is 96.1 Å². The molecule has 34 heavy (non-hydrogen) atoms. The van der Waals surface area contributed by atoms with Gasteiger partial charge in [-0.3, -0.25) is 4.79 Å². The number of benzene rings is 4.